The van der Waals surface area contributed by atoms with Gasteiger partial charge in [0.25, 0.3) is 0 Å². The van der Waals surface area contributed by atoms with Gasteiger partial charge in [-0.1, -0.05) is 18.2 Å². The maximum Gasteiger partial charge on any atom is 0.315 e. The van der Waals surface area contributed by atoms with E-state index in [4.69, 9.17) is 0 Å². The summed E-state index contributed by atoms with van der Waals surface area (Å²) in [6.07, 6.45) is 1.56. The monoisotopic (exact) mass is 275 g/mol. The van der Waals surface area contributed by atoms with E-state index in [0.717, 1.165) is 11.1 Å². The molecule has 0 aliphatic rings. The largest absolute Gasteiger partial charge is 0.317 e. The fourth-order valence-corrected chi connectivity index (χ4v) is 2.14. The third-order valence-corrected chi connectivity index (χ3v) is 3.27. The molecule has 0 unspecified atom stereocenters. The zero-order chi connectivity index (χ0) is 13.8. The fraction of sp³-hybridized carbons (Fsp3) is 0.154. The Hall–Kier alpha value is -2.21. The van der Waals surface area contributed by atoms with Gasteiger partial charge < -0.3 is 5.32 Å². The molecular weight excluding hydrogens is 262 g/mol. The van der Waals surface area contributed by atoms with Crippen LogP contribution < -0.4 is 10.6 Å². The number of anilines is 2. The van der Waals surface area contributed by atoms with Gasteiger partial charge in [-0.25, -0.2) is 4.98 Å². The molecule has 0 atom stereocenters. The Morgan fingerprint density at radius 1 is 1.11 bits per heavy atom. The Bertz CT molecular complexity index is 588. The lowest BCUT2D eigenvalue weighted by Gasteiger charge is -2.10. The fourth-order valence-electron chi connectivity index (χ4n) is 1.62. The number of nitrogens with one attached hydrogen (secondary N) is 2. The molecule has 2 rings (SSSR count). The van der Waals surface area contributed by atoms with Crippen molar-refractivity contribution in [3.63, 3.8) is 0 Å². The number of aromatic nitrogens is 1. The van der Waals surface area contributed by atoms with Crippen LogP contribution in [-0.4, -0.2) is 16.8 Å². The Morgan fingerprint density at radius 2 is 1.74 bits per heavy atom. The number of hydrogen-bond donors (Lipinski definition) is 2. The Balaban J connectivity index is 2.07. The van der Waals surface area contributed by atoms with Crippen molar-refractivity contribution in [2.24, 2.45) is 0 Å². The molecule has 0 fully saturated rings. The zero-order valence-corrected chi connectivity index (χ0v) is 11.4. The van der Waals surface area contributed by atoms with Crippen LogP contribution in [0.2, 0.25) is 0 Å². The van der Waals surface area contributed by atoms with Crippen molar-refractivity contribution in [2.75, 3.05) is 10.6 Å². The van der Waals surface area contributed by atoms with Crippen LogP contribution in [0.1, 0.15) is 11.1 Å². The first-order valence-corrected chi connectivity index (χ1v) is 6.54. The van der Waals surface area contributed by atoms with E-state index in [-0.39, 0.29) is 0 Å². The number of hydrogen-bond acceptors (Lipinski definition) is 4. The normalized spacial score (nSPS) is 10.0. The van der Waals surface area contributed by atoms with Crippen molar-refractivity contribution < 1.29 is 9.59 Å². The minimum atomic E-state index is -0.724. The predicted molar refractivity (Wildman–Crippen MR) is 75.3 cm³/mol. The molecule has 6 heteroatoms. The lowest BCUT2D eigenvalue weighted by molar-refractivity contribution is -0.133. The van der Waals surface area contributed by atoms with Crippen LogP contribution in [0.3, 0.4) is 0 Å². The molecule has 98 valence electrons. The van der Waals surface area contributed by atoms with Gasteiger partial charge >= 0.3 is 11.8 Å². The summed E-state index contributed by atoms with van der Waals surface area (Å²) in [5, 5.41) is 7.18. The smallest absolute Gasteiger partial charge is 0.315 e. The minimum Gasteiger partial charge on any atom is -0.317 e. The van der Waals surface area contributed by atoms with Gasteiger partial charge in [0.2, 0.25) is 0 Å². The van der Waals surface area contributed by atoms with Gasteiger partial charge in [0.1, 0.15) is 0 Å². The number of aryl methyl sites for hydroxylation is 2. The molecule has 5 nitrogen and oxygen atoms in total. The van der Waals surface area contributed by atoms with Crippen molar-refractivity contribution in [3.8, 4) is 0 Å². The van der Waals surface area contributed by atoms with Crippen LogP contribution in [0.4, 0.5) is 10.8 Å². The number of carbonyl (C=O) groups excluding carboxylic acids is 2. The van der Waals surface area contributed by atoms with E-state index in [0.29, 0.717) is 10.8 Å². The van der Waals surface area contributed by atoms with E-state index in [2.05, 4.69) is 15.6 Å². The average molecular weight is 275 g/mol. The summed E-state index contributed by atoms with van der Waals surface area (Å²) in [6, 6.07) is 5.65. The number of para-hydroxylation sites is 1. The van der Waals surface area contributed by atoms with Crippen molar-refractivity contribution in [1.29, 1.82) is 0 Å². The standard InChI is InChI=1S/C13H13N3O2S/c1-8-4-3-5-9(2)10(8)15-11(17)12(18)16-13-14-6-7-19-13/h3-7H,1-2H3,(H,15,17)(H,14,16,18). The summed E-state index contributed by atoms with van der Waals surface area (Å²) in [6.45, 7) is 3.75. The predicted octanol–water partition coefficient (Wildman–Crippen LogP) is 2.34. The summed E-state index contributed by atoms with van der Waals surface area (Å²) in [7, 11) is 0. The molecule has 2 N–H and O–H groups in total. The van der Waals surface area contributed by atoms with E-state index in [1.54, 1.807) is 11.6 Å². The Morgan fingerprint density at radius 3 is 2.32 bits per heavy atom. The molecule has 0 bridgehead atoms. The average Bonchev–Trinajstić information content (AvgIpc) is 2.86. The number of carbonyl (C=O) groups is 2. The lowest BCUT2D eigenvalue weighted by Crippen LogP contribution is -2.29. The Kier molecular flexibility index (Phi) is 3.91. The first kappa shape index (κ1) is 13.2. The van der Waals surface area contributed by atoms with Gasteiger partial charge in [0.05, 0.1) is 0 Å². The van der Waals surface area contributed by atoms with Crippen LogP contribution in [0, 0.1) is 13.8 Å². The van der Waals surface area contributed by atoms with E-state index in [9.17, 15) is 9.59 Å². The molecule has 1 aromatic carbocycles. The second-order valence-corrected chi connectivity index (χ2v) is 4.91. The van der Waals surface area contributed by atoms with Crippen molar-refractivity contribution in [1.82, 2.24) is 4.98 Å². The van der Waals surface area contributed by atoms with Gasteiger partial charge in [-0.2, -0.15) is 0 Å². The van der Waals surface area contributed by atoms with E-state index in [1.165, 1.54) is 11.3 Å². The summed E-state index contributed by atoms with van der Waals surface area (Å²) >= 11 is 1.26. The number of benzene rings is 1. The topological polar surface area (TPSA) is 71.1 Å². The van der Waals surface area contributed by atoms with Gasteiger partial charge in [-0.3, -0.25) is 14.9 Å². The van der Waals surface area contributed by atoms with Crippen molar-refractivity contribution >= 4 is 34.0 Å². The van der Waals surface area contributed by atoms with Gasteiger partial charge in [0, 0.05) is 17.3 Å². The molecule has 2 amide bonds. The second-order valence-electron chi connectivity index (χ2n) is 4.01. The maximum atomic E-state index is 11.8. The number of thiazole rings is 1. The Labute approximate surface area is 114 Å². The van der Waals surface area contributed by atoms with Crippen LogP contribution in [0.5, 0.6) is 0 Å². The molecule has 2 aromatic rings. The van der Waals surface area contributed by atoms with Gasteiger partial charge in [-0.15, -0.1) is 11.3 Å². The highest BCUT2D eigenvalue weighted by Gasteiger charge is 2.16. The number of nitrogens with zero attached hydrogens (tertiary/aromatic N) is 1. The maximum absolute atomic E-state index is 11.8. The summed E-state index contributed by atoms with van der Waals surface area (Å²) in [5.74, 6) is -1.43. The highest BCUT2D eigenvalue weighted by Crippen LogP contribution is 2.19. The highest BCUT2D eigenvalue weighted by atomic mass is 32.1. The first-order valence-electron chi connectivity index (χ1n) is 5.66. The molecular formula is C13H13N3O2S. The molecule has 0 saturated carbocycles. The van der Waals surface area contributed by atoms with E-state index >= 15 is 0 Å². The molecule has 0 saturated heterocycles. The van der Waals surface area contributed by atoms with Crippen LogP contribution in [0.25, 0.3) is 0 Å². The molecule has 0 aliphatic carbocycles. The van der Waals surface area contributed by atoms with E-state index < -0.39 is 11.8 Å². The molecule has 1 heterocycles. The van der Waals surface area contributed by atoms with Crippen LogP contribution in [0.15, 0.2) is 29.8 Å². The number of rotatable bonds is 2. The minimum absolute atomic E-state index is 0.404. The molecule has 1 aromatic heterocycles. The molecule has 0 aliphatic heterocycles. The lowest BCUT2D eigenvalue weighted by atomic mass is 10.1. The van der Waals surface area contributed by atoms with Crippen molar-refractivity contribution in [2.45, 2.75) is 13.8 Å². The van der Waals surface area contributed by atoms with Gasteiger partial charge in [-0.05, 0) is 25.0 Å². The highest BCUT2D eigenvalue weighted by molar-refractivity contribution is 7.13. The second kappa shape index (κ2) is 5.62. The molecule has 19 heavy (non-hydrogen) atoms. The quantitative estimate of drug-likeness (QED) is 0.826. The molecule has 0 radical (unpaired) electrons. The van der Waals surface area contributed by atoms with Gasteiger partial charge in [0.15, 0.2) is 5.13 Å². The van der Waals surface area contributed by atoms with Crippen LogP contribution in [-0.2, 0) is 9.59 Å². The summed E-state index contributed by atoms with van der Waals surface area (Å²) in [4.78, 5) is 27.4. The molecule has 0 spiro atoms. The number of amides is 2. The van der Waals surface area contributed by atoms with E-state index in [1.807, 2.05) is 32.0 Å². The third kappa shape index (κ3) is 3.17. The SMILES string of the molecule is Cc1cccc(C)c1NC(=O)C(=O)Nc1nccs1. The third-order valence-electron chi connectivity index (χ3n) is 2.58. The van der Waals surface area contributed by atoms with Crippen molar-refractivity contribution in [3.05, 3.63) is 40.9 Å². The van der Waals surface area contributed by atoms with Crippen LogP contribution >= 0.6 is 11.3 Å². The summed E-state index contributed by atoms with van der Waals surface area (Å²) < 4.78 is 0. The first-order chi connectivity index (χ1) is 9.08. The zero-order valence-electron chi connectivity index (χ0n) is 10.6. The summed E-state index contributed by atoms with van der Waals surface area (Å²) in [5.41, 5.74) is 2.49.